The molecule has 0 aliphatic rings. The van der Waals surface area contributed by atoms with E-state index in [0.29, 0.717) is 11.1 Å². The molecule has 0 aliphatic carbocycles. The van der Waals surface area contributed by atoms with Crippen LogP contribution in [0.4, 0.5) is 0 Å². The minimum Gasteiger partial charge on any atom is -0.309 e. The minimum absolute atomic E-state index is 0.525. The van der Waals surface area contributed by atoms with Gasteiger partial charge in [-0.05, 0) is 90.5 Å². The van der Waals surface area contributed by atoms with Crippen LogP contribution in [0.25, 0.3) is 121 Å². The van der Waals surface area contributed by atoms with Gasteiger partial charge in [-0.2, -0.15) is 10.5 Å². The lowest BCUT2D eigenvalue weighted by Gasteiger charge is -2.19. The quantitative estimate of drug-likeness (QED) is 0.173. The van der Waals surface area contributed by atoms with E-state index in [9.17, 15) is 10.5 Å². The van der Waals surface area contributed by atoms with Crippen LogP contribution in [-0.4, -0.2) is 18.3 Å². The smallest absolute Gasteiger partial charge is 0.101 e. The summed E-state index contributed by atoms with van der Waals surface area (Å²) in [5.74, 6) is 0. The van der Waals surface area contributed by atoms with Crippen LogP contribution in [0.5, 0.6) is 0 Å². The highest BCUT2D eigenvalue weighted by Gasteiger charge is 2.26. The van der Waals surface area contributed by atoms with E-state index in [-0.39, 0.29) is 0 Å². The summed E-state index contributed by atoms with van der Waals surface area (Å²) in [6.45, 7) is 0. The van der Waals surface area contributed by atoms with Crippen molar-refractivity contribution < 1.29 is 0 Å². The Morgan fingerprint density at radius 2 is 0.765 bits per heavy atom. The summed E-state index contributed by atoms with van der Waals surface area (Å²) in [6.07, 6.45) is 0. The van der Waals surface area contributed by atoms with Crippen molar-refractivity contribution in [2.45, 2.75) is 0 Å². The average molecular weight is 865 g/mol. The zero-order valence-electron chi connectivity index (χ0n) is 36.5. The first-order chi connectivity index (χ1) is 33.7. The average Bonchev–Trinajstić information content (AvgIpc) is 4.14. The molecule has 0 atom stereocenters. The Kier molecular flexibility index (Phi) is 8.01. The van der Waals surface area contributed by atoms with Crippen LogP contribution in [0, 0.1) is 22.7 Å². The summed E-state index contributed by atoms with van der Waals surface area (Å²) in [5.41, 5.74) is 15.1. The van der Waals surface area contributed by atoms with E-state index < -0.39 is 0 Å². The molecule has 314 valence electrons. The molecule has 0 spiro atoms. The molecular weight excluding hydrogens is 829 g/mol. The van der Waals surface area contributed by atoms with Crippen molar-refractivity contribution in [3.8, 4) is 46.0 Å². The number of rotatable bonds is 5. The van der Waals surface area contributed by atoms with E-state index in [2.05, 4.69) is 231 Å². The maximum absolute atomic E-state index is 11.6. The normalized spacial score (nSPS) is 11.8. The molecule has 6 nitrogen and oxygen atoms in total. The van der Waals surface area contributed by atoms with Gasteiger partial charge in [0.25, 0.3) is 0 Å². The second-order valence-corrected chi connectivity index (χ2v) is 17.5. The van der Waals surface area contributed by atoms with E-state index in [0.717, 1.165) is 121 Å². The molecule has 14 aromatic rings. The van der Waals surface area contributed by atoms with Crippen molar-refractivity contribution in [3.63, 3.8) is 0 Å². The second-order valence-electron chi connectivity index (χ2n) is 17.5. The molecule has 4 heterocycles. The van der Waals surface area contributed by atoms with Crippen LogP contribution >= 0.6 is 0 Å². The van der Waals surface area contributed by atoms with Gasteiger partial charge >= 0.3 is 0 Å². The van der Waals surface area contributed by atoms with Gasteiger partial charge in [-0.25, -0.2) is 0 Å². The van der Waals surface area contributed by atoms with Gasteiger partial charge in [0.2, 0.25) is 0 Å². The Balaban J connectivity index is 1.16. The summed E-state index contributed by atoms with van der Waals surface area (Å²) < 4.78 is 9.37. The summed E-state index contributed by atoms with van der Waals surface area (Å²) in [5, 5.41) is 30.9. The van der Waals surface area contributed by atoms with Crippen molar-refractivity contribution in [1.82, 2.24) is 18.3 Å². The molecule has 0 fully saturated rings. The Bertz CT molecular complexity index is 4510. The van der Waals surface area contributed by atoms with Gasteiger partial charge in [-0.1, -0.05) is 133 Å². The zero-order valence-corrected chi connectivity index (χ0v) is 36.5. The fourth-order valence-corrected chi connectivity index (χ4v) is 11.3. The highest BCUT2D eigenvalue weighted by atomic mass is 15.0. The van der Waals surface area contributed by atoms with Crippen LogP contribution in [-0.2, 0) is 0 Å². The number of nitriles is 2. The molecule has 0 N–H and O–H groups in total. The Hall–Kier alpha value is -9.62. The predicted octanol–water partition coefficient (Wildman–Crippen LogP) is 15.5. The molecule has 0 aliphatic heterocycles. The molecular formula is C62H36N6. The number of hydrogen-bond donors (Lipinski definition) is 0. The summed E-state index contributed by atoms with van der Waals surface area (Å²) in [4.78, 5) is 0. The number of nitrogens with zero attached hydrogens (tertiary/aromatic N) is 6. The first kappa shape index (κ1) is 37.7. The molecule has 0 unspecified atom stereocenters. The third-order valence-electron chi connectivity index (χ3n) is 14.0. The molecule has 10 aromatic carbocycles. The van der Waals surface area contributed by atoms with Gasteiger partial charge in [0.05, 0.1) is 72.7 Å². The number of para-hydroxylation sites is 6. The minimum atomic E-state index is 0.525. The Labute approximate surface area is 389 Å². The lowest BCUT2D eigenvalue weighted by molar-refractivity contribution is 1.14. The van der Waals surface area contributed by atoms with Gasteiger partial charge in [0, 0.05) is 60.0 Å². The maximum Gasteiger partial charge on any atom is 0.101 e. The second kappa shape index (κ2) is 14.4. The lowest BCUT2D eigenvalue weighted by Crippen LogP contribution is -2.04. The molecule has 6 heteroatoms. The van der Waals surface area contributed by atoms with E-state index in [4.69, 9.17) is 0 Å². The van der Waals surface area contributed by atoms with Crippen LogP contribution in [0.1, 0.15) is 11.1 Å². The van der Waals surface area contributed by atoms with Gasteiger partial charge in [0.15, 0.2) is 0 Å². The van der Waals surface area contributed by atoms with Crippen LogP contribution in [0.15, 0.2) is 218 Å². The van der Waals surface area contributed by atoms with Crippen molar-refractivity contribution in [2.75, 3.05) is 0 Å². The zero-order chi connectivity index (χ0) is 45.0. The van der Waals surface area contributed by atoms with E-state index in [1.165, 1.54) is 0 Å². The highest BCUT2D eigenvalue weighted by Crippen LogP contribution is 2.47. The standard InChI is InChI=1S/C62H36N6/c63-37-39-16-15-17-40(34-39)50-36-57(67-51-26-11-7-22-44(51)46-30-32-55-59(61(46)67)48-24-9-13-28-53(48)65(55)42-18-3-1-4-19-42)41(38-64)35-58(50)68-52-27-12-8-23-45(52)47-31-33-56-60(62(47)68)49-25-10-14-29-54(49)66(56)43-20-5-2-6-21-43/h1-36H. The summed E-state index contributed by atoms with van der Waals surface area (Å²) in [6, 6.07) is 81.6. The molecule has 0 amide bonds. The lowest BCUT2D eigenvalue weighted by atomic mass is 9.97. The van der Waals surface area contributed by atoms with Gasteiger partial charge in [0.1, 0.15) is 6.07 Å². The van der Waals surface area contributed by atoms with Crippen LogP contribution in [0.3, 0.4) is 0 Å². The van der Waals surface area contributed by atoms with Gasteiger partial charge in [-0.15, -0.1) is 0 Å². The fraction of sp³-hybridized carbons (Fsp3) is 0. The first-order valence-electron chi connectivity index (χ1n) is 22.8. The largest absolute Gasteiger partial charge is 0.309 e. The number of hydrogen-bond acceptors (Lipinski definition) is 2. The monoisotopic (exact) mass is 864 g/mol. The Morgan fingerprint density at radius 1 is 0.309 bits per heavy atom. The third-order valence-corrected chi connectivity index (χ3v) is 14.0. The number of benzene rings is 10. The first-order valence-corrected chi connectivity index (χ1v) is 22.8. The molecule has 0 saturated carbocycles. The van der Waals surface area contributed by atoms with Crippen molar-refractivity contribution in [2.24, 2.45) is 0 Å². The van der Waals surface area contributed by atoms with Gasteiger partial charge < -0.3 is 18.3 Å². The van der Waals surface area contributed by atoms with Gasteiger partial charge in [-0.3, -0.25) is 0 Å². The molecule has 0 radical (unpaired) electrons. The van der Waals surface area contributed by atoms with Crippen molar-refractivity contribution in [1.29, 1.82) is 10.5 Å². The number of aromatic nitrogens is 4. The molecule has 4 aromatic heterocycles. The van der Waals surface area contributed by atoms with E-state index in [1.54, 1.807) is 0 Å². The van der Waals surface area contributed by atoms with Crippen molar-refractivity contribution in [3.05, 3.63) is 230 Å². The molecule has 14 rings (SSSR count). The fourth-order valence-electron chi connectivity index (χ4n) is 11.3. The van der Waals surface area contributed by atoms with E-state index >= 15 is 0 Å². The maximum atomic E-state index is 11.6. The predicted molar refractivity (Wildman–Crippen MR) is 279 cm³/mol. The summed E-state index contributed by atoms with van der Waals surface area (Å²) in [7, 11) is 0. The number of fused-ring (bicyclic) bond motifs is 14. The third kappa shape index (κ3) is 5.20. The highest BCUT2D eigenvalue weighted by molar-refractivity contribution is 6.28. The Morgan fingerprint density at radius 3 is 1.26 bits per heavy atom. The molecule has 0 saturated heterocycles. The van der Waals surface area contributed by atoms with Crippen LogP contribution < -0.4 is 0 Å². The van der Waals surface area contributed by atoms with Crippen molar-refractivity contribution >= 4 is 87.2 Å². The summed E-state index contributed by atoms with van der Waals surface area (Å²) >= 11 is 0. The van der Waals surface area contributed by atoms with E-state index in [1.807, 2.05) is 18.2 Å². The topological polar surface area (TPSA) is 67.3 Å². The SMILES string of the molecule is N#Cc1cccc(-c2cc(-n3c4ccccc4c4ccc5c(c6ccccc6n5-c5ccccc5)c43)c(C#N)cc2-n2c3ccccc3c3ccc4c(c5ccccc5n4-c4ccccc4)c32)c1. The molecule has 0 bridgehead atoms. The molecule has 68 heavy (non-hydrogen) atoms. The van der Waals surface area contributed by atoms with Crippen LogP contribution in [0.2, 0.25) is 0 Å².